The van der Waals surface area contributed by atoms with E-state index in [1.807, 2.05) is 26.0 Å². The number of aliphatic hydroxyl groups is 2. The lowest BCUT2D eigenvalue weighted by Crippen LogP contribution is -2.46. The molecule has 4 heterocycles. The largest absolute Gasteiger partial charge is 0.507 e. The number of aliphatic hydroxyl groups excluding tert-OH is 2. The number of piperidine rings is 1. The third kappa shape index (κ3) is 9.06. The maximum absolute atomic E-state index is 14.0. The maximum atomic E-state index is 14.0. The van der Waals surface area contributed by atoms with Crippen LogP contribution in [0.1, 0.15) is 98.6 Å². The van der Waals surface area contributed by atoms with Gasteiger partial charge in [0.1, 0.15) is 34.4 Å². The number of likely N-dealkylation sites (tertiary alicyclic amines) is 1. The first-order valence-electron chi connectivity index (χ1n) is 22.3. The SMILES string of the molecule is CCC(=O)N1CCC2(CC1)N=c1c3c(O)c4c(O)c(C)c5c(c4c1=N2)C(=N)C(C)(OCCC/C=C/C(OC)C(C)C(OC(C)=O)C(C)C(O)C(C)C(O)C(C)/C=C/C=C(/C)C(=O)N3)O5. The molecular weight excluding hydrogens is 823 g/mol. The molecule has 1 spiro atoms. The number of phenols is 2. The Bertz CT molecular complexity index is 2400. The van der Waals surface area contributed by atoms with Crippen molar-refractivity contribution in [2.24, 2.45) is 33.7 Å². The van der Waals surface area contributed by atoms with Gasteiger partial charge in [-0.3, -0.25) is 29.8 Å². The first-order chi connectivity index (χ1) is 30.2. The fourth-order valence-corrected chi connectivity index (χ4v) is 9.43. The third-order valence-electron chi connectivity index (χ3n) is 13.6. The minimum atomic E-state index is -1.59. The molecule has 0 saturated carbocycles. The molecular formula is C48H65N5O11. The van der Waals surface area contributed by atoms with E-state index >= 15 is 0 Å². The number of benzene rings is 2. The number of nitrogens with zero attached hydrogens (tertiary/aromatic N) is 3. The summed E-state index contributed by atoms with van der Waals surface area (Å²) in [5.41, 5.74) is -0.418. The Balaban J connectivity index is 1.46. The van der Waals surface area contributed by atoms with Crippen LogP contribution in [0.5, 0.6) is 17.2 Å². The minimum absolute atomic E-state index is 0.0137. The van der Waals surface area contributed by atoms with Crippen LogP contribution in [0.4, 0.5) is 5.69 Å². The highest BCUT2D eigenvalue weighted by atomic mass is 16.7. The van der Waals surface area contributed by atoms with Gasteiger partial charge in [-0.25, -0.2) is 0 Å². The summed E-state index contributed by atoms with van der Waals surface area (Å²) >= 11 is 0. The van der Waals surface area contributed by atoms with Crippen LogP contribution in [0.3, 0.4) is 0 Å². The highest BCUT2D eigenvalue weighted by molar-refractivity contribution is 6.20. The van der Waals surface area contributed by atoms with Gasteiger partial charge in [0.15, 0.2) is 11.4 Å². The first kappa shape index (κ1) is 48.3. The van der Waals surface area contributed by atoms with Gasteiger partial charge in [0.25, 0.3) is 11.7 Å². The molecule has 16 nitrogen and oxygen atoms in total. The standard InChI is InChI=1S/C48H65N5O11/c1-11-32(55)53-21-19-48(20-22-53)51-36-33-34-41(58)29(7)44-35(33)45(49)47(9,64-44)62-23-14-12-13-18-31(61-10)26(4)43(63-30(8)54)28(6)40(57)27(5)39(56)24(2)16-15-17-25(3)46(60)50-38(42(34)59)37(36)52-48/h13,15-18,24,26-28,31,39-40,43,49,56-59H,11-12,14,19-23H2,1-10H3,(H,50,60)/b16-15+,18-13+,25-17-,49-45?. The molecule has 0 radical (unpaired) electrons. The number of phenolic OH excluding ortho intramolecular Hbond substituents is 2. The predicted molar refractivity (Wildman–Crippen MR) is 240 cm³/mol. The number of hydrogen-bond acceptors (Lipinski definition) is 14. The van der Waals surface area contributed by atoms with E-state index in [1.165, 1.54) is 6.92 Å². The number of anilines is 1. The minimum Gasteiger partial charge on any atom is -0.507 e. The number of amides is 2. The molecule has 0 aromatic heterocycles. The van der Waals surface area contributed by atoms with E-state index in [0.29, 0.717) is 45.2 Å². The number of hydrogen-bond donors (Lipinski definition) is 6. The molecule has 6 N–H and O–H groups in total. The van der Waals surface area contributed by atoms with Crippen molar-refractivity contribution in [1.82, 2.24) is 4.90 Å². The van der Waals surface area contributed by atoms with Gasteiger partial charge in [-0.05, 0) is 26.7 Å². The molecule has 0 aliphatic carbocycles. The zero-order chi connectivity index (χ0) is 47.0. The Labute approximate surface area is 374 Å². The van der Waals surface area contributed by atoms with Gasteiger partial charge in [0, 0.05) is 93.5 Å². The van der Waals surface area contributed by atoms with Crippen LogP contribution < -0.4 is 20.8 Å². The molecule has 64 heavy (non-hydrogen) atoms. The number of rotatable bonds is 3. The number of nitrogens with one attached hydrogen (secondary N) is 2. The van der Waals surface area contributed by atoms with Crippen molar-refractivity contribution < 1.29 is 53.8 Å². The lowest BCUT2D eigenvalue weighted by molar-refractivity contribution is -0.160. The maximum Gasteiger partial charge on any atom is 0.302 e. The molecule has 4 aliphatic rings. The highest BCUT2D eigenvalue weighted by Crippen LogP contribution is 2.50. The number of methoxy groups -OCH3 is 1. The van der Waals surface area contributed by atoms with Gasteiger partial charge in [-0.15, -0.1) is 0 Å². The van der Waals surface area contributed by atoms with Crippen LogP contribution in [-0.2, 0) is 28.6 Å². The van der Waals surface area contributed by atoms with E-state index in [1.54, 1.807) is 71.8 Å². The molecule has 4 bridgehead atoms. The van der Waals surface area contributed by atoms with Gasteiger partial charge in [0.2, 0.25) is 5.91 Å². The number of esters is 1. The summed E-state index contributed by atoms with van der Waals surface area (Å²) in [4.78, 5) is 50.9. The molecule has 9 atom stereocenters. The van der Waals surface area contributed by atoms with Crippen molar-refractivity contribution in [3.05, 3.63) is 57.8 Å². The van der Waals surface area contributed by atoms with Crippen LogP contribution in [0.2, 0.25) is 0 Å². The van der Waals surface area contributed by atoms with Crippen molar-refractivity contribution in [3.8, 4) is 17.2 Å². The summed E-state index contributed by atoms with van der Waals surface area (Å²) in [6.07, 6.45) is 7.52. The van der Waals surface area contributed by atoms with Crippen LogP contribution in [0.25, 0.3) is 10.8 Å². The number of allylic oxidation sites excluding steroid dienone is 3. The van der Waals surface area contributed by atoms with Gasteiger partial charge in [-0.1, -0.05) is 65.0 Å². The molecule has 4 aliphatic heterocycles. The molecule has 2 aromatic carbocycles. The quantitative estimate of drug-likeness (QED) is 0.136. The lowest BCUT2D eigenvalue weighted by Gasteiger charge is -2.38. The van der Waals surface area contributed by atoms with E-state index in [2.05, 4.69) is 5.32 Å². The molecule has 1 fully saturated rings. The molecule has 2 amide bonds. The number of carbonyl (C=O) groups excluding carboxylic acids is 3. The van der Waals surface area contributed by atoms with Crippen molar-refractivity contribution in [3.63, 3.8) is 0 Å². The second-order valence-electron chi connectivity index (χ2n) is 18.0. The molecule has 16 heteroatoms. The summed E-state index contributed by atoms with van der Waals surface area (Å²) < 4.78 is 24.4. The number of fused-ring (bicyclic) bond motifs is 1. The summed E-state index contributed by atoms with van der Waals surface area (Å²) in [6, 6.07) is 0. The van der Waals surface area contributed by atoms with E-state index < -0.39 is 77.2 Å². The average Bonchev–Trinajstić information content (AvgIpc) is 3.77. The van der Waals surface area contributed by atoms with Gasteiger partial charge in [0.05, 0.1) is 41.2 Å². The van der Waals surface area contributed by atoms with Gasteiger partial charge >= 0.3 is 5.97 Å². The number of ether oxygens (including phenoxy) is 4. The second-order valence-corrected chi connectivity index (χ2v) is 18.0. The summed E-state index contributed by atoms with van der Waals surface area (Å²) in [6.45, 7) is 16.1. The Kier molecular flexibility index (Phi) is 14.4. The average molecular weight is 888 g/mol. The van der Waals surface area contributed by atoms with E-state index in [0.717, 1.165) is 0 Å². The lowest BCUT2D eigenvalue weighted by atomic mass is 9.78. The smallest absolute Gasteiger partial charge is 0.302 e. The highest BCUT2D eigenvalue weighted by Gasteiger charge is 2.47. The van der Waals surface area contributed by atoms with Crippen molar-refractivity contribution >= 4 is 40.0 Å². The van der Waals surface area contributed by atoms with E-state index in [4.69, 9.17) is 28.9 Å². The van der Waals surface area contributed by atoms with Crippen molar-refractivity contribution in [2.75, 3.05) is 32.1 Å². The fraction of sp³-hybridized carbons (Fsp3) is 0.583. The number of carbonyl (C=O) groups is 3. The molecule has 6 rings (SSSR count). The second kappa shape index (κ2) is 19.1. The van der Waals surface area contributed by atoms with Gasteiger partial charge < -0.3 is 49.6 Å². The molecule has 1 saturated heterocycles. The third-order valence-corrected chi connectivity index (χ3v) is 13.6. The first-order valence-corrected chi connectivity index (χ1v) is 22.3. The topological polar surface area (TPSA) is 233 Å². The number of aromatic hydroxyl groups is 2. The van der Waals surface area contributed by atoms with Crippen LogP contribution in [0, 0.1) is 36.0 Å². The summed E-state index contributed by atoms with van der Waals surface area (Å²) in [5, 5.41) is 60.0. The molecule has 2 aromatic rings. The van der Waals surface area contributed by atoms with Crippen LogP contribution in [0.15, 0.2) is 45.9 Å². The molecule has 348 valence electrons. The van der Waals surface area contributed by atoms with Crippen molar-refractivity contribution in [2.45, 2.75) is 130 Å². The Morgan fingerprint density at radius 3 is 2.30 bits per heavy atom. The Hall–Kier alpha value is -5.16. The van der Waals surface area contributed by atoms with Crippen molar-refractivity contribution in [1.29, 1.82) is 5.41 Å². The fourth-order valence-electron chi connectivity index (χ4n) is 9.43. The van der Waals surface area contributed by atoms with E-state index in [-0.39, 0.29) is 73.6 Å². The zero-order valence-corrected chi connectivity index (χ0v) is 38.7. The predicted octanol–water partition coefficient (Wildman–Crippen LogP) is 5.04. The van der Waals surface area contributed by atoms with Crippen LogP contribution in [-0.4, -0.2) is 111 Å². The summed E-state index contributed by atoms with van der Waals surface area (Å²) in [5.74, 6) is -5.38. The Morgan fingerprint density at radius 2 is 1.66 bits per heavy atom. The van der Waals surface area contributed by atoms with Crippen LogP contribution >= 0.6 is 0 Å². The summed E-state index contributed by atoms with van der Waals surface area (Å²) in [7, 11) is 1.56. The van der Waals surface area contributed by atoms with Gasteiger partial charge in [-0.2, -0.15) is 0 Å². The monoisotopic (exact) mass is 887 g/mol. The Morgan fingerprint density at radius 1 is 0.984 bits per heavy atom. The molecule has 9 unspecified atom stereocenters. The zero-order valence-electron chi connectivity index (χ0n) is 38.7. The van der Waals surface area contributed by atoms with E-state index in [9.17, 15) is 40.2 Å². The normalized spacial score (nSPS) is 31.9.